The van der Waals surface area contributed by atoms with E-state index in [1.807, 2.05) is 11.3 Å². The maximum absolute atomic E-state index is 5.38. The van der Waals surface area contributed by atoms with Gasteiger partial charge in [-0.3, -0.25) is 0 Å². The number of ether oxygens (including phenoxy) is 1. The number of aromatic nitrogens is 1. The second-order valence-electron chi connectivity index (χ2n) is 4.53. The van der Waals surface area contributed by atoms with E-state index in [0.717, 1.165) is 26.3 Å². The van der Waals surface area contributed by atoms with Crippen LogP contribution in [0.25, 0.3) is 0 Å². The number of thiazole rings is 1. The van der Waals surface area contributed by atoms with E-state index >= 15 is 0 Å². The number of hydrogen-bond acceptors (Lipinski definition) is 4. The van der Waals surface area contributed by atoms with Gasteiger partial charge >= 0.3 is 0 Å². The number of aryl methyl sites for hydroxylation is 2. The topological polar surface area (TPSA) is 25.4 Å². The van der Waals surface area contributed by atoms with Crippen molar-refractivity contribution >= 4 is 16.5 Å². The van der Waals surface area contributed by atoms with Gasteiger partial charge in [0, 0.05) is 18.0 Å². The minimum atomic E-state index is 0.851. The van der Waals surface area contributed by atoms with Gasteiger partial charge in [-0.2, -0.15) is 0 Å². The van der Waals surface area contributed by atoms with Gasteiger partial charge in [0.05, 0.1) is 18.9 Å². The highest BCUT2D eigenvalue weighted by atomic mass is 32.1. The van der Waals surface area contributed by atoms with E-state index in [1.165, 1.54) is 42.9 Å². The Labute approximate surface area is 100 Å². The molecule has 0 bridgehead atoms. The molecule has 0 radical (unpaired) electrons. The van der Waals surface area contributed by atoms with Crippen molar-refractivity contribution in [2.75, 3.05) is 31.2 Å². The maximum atomic E-state index is 5.38. The van der Waals surface area contributed by atoms with E-state index in [4.69, 9.17) is 9.72 Å². The van der Waals surface area contributed by atoms with Crippen LogP contribution in [0, 0.1) is 0 Å². The second kappa shape index (κ2) is 4.72. The van der Waals surface area contributed by atoms with Crippen molar-refractivity contribution in [2.45, 2.75) is 32.1 Å². The van der Waals surface area contributed by atoms with E-state index in [1.54, 1.807) is 4.88 Å². The van der Waals surface area contributed by atoms with Crippen molar-refractivity contribution in [1.29, 1.82) is 0 Å². The van der Waals surface area contributed by atoms with Crippen LogP contribution in [0.1, 0.15) is 29.8 Å². The molecule has 1 saturated heterocycles. The van der Waals surface area contributed by atoms with Crippen LogP contribution in [-0.4, -0.2) is 31.3 Å². The summed E-state index contributed by atoms with van der Waals surface area (Å²) in [6.45, 7) is 3.72. The van der Waals surface area contributed by atoms with E-state index in [9.17, 15) is 0 Å². The highest BCUT2D eigenvalue weighted by Crippen LogP contribution is 2.31. The molecule has 2 heterocycles. The molecule has 4 heteroatoms. The largest absolute Gasteiger partial charge is 0.378 e. The Morgan fingerprint density at radius 2 is 1.88 bits per heavy atom. The smallest absolute Gasteiger partial charge is 0.185 e. The molecule has 0 saturated carbocycles. The molecule has 0 atom stereocenters. The van der Waals surface area contributed by atoms with Crippen LogP contribution in [-0.2, 0) is 17.6 Å². The fraction of sp³-hybridized carbons (Fsp3) is 0.750. The number of hydrogen-bond donors (Lipinski definition) is 0. The summed E-state index contributed by atoms with van der Waals surface area (Å²) in [4.78, 5) is 8.74. The Morgan fingerprint density at radius 3 is 2.75 bits per heavy atom. The number of rotatable bonds is 1. The van der Waals surface area contributed by atoms with Crippen LogP contribution in [0.15, 0.2) is 0 Å². The molecule has 0 amide bonds. The quantitative estimate of drug-likeness (QED) is 0.702. The normalized spacial score (nSPS) is 21.6. The van der Waals surface area contributed by atoms with E-state index < -0.39 is 0 Å². The molecule has 1 aliphatic carbocycles. The number of nitrogens with zero attached hydrogens (tertiary/aromatic N) is 2. The molecular formula is C12H18N2OS. The molecule has 88 valence electrons. The summed E-state index contributed by atoms with van der Waals surface area (Å²) in [5.74, 6) is 0. The predicted octanol–water partition coefficient (Wildman–Crippen LogP) is 2.25. The fourth-order valence-corrected chi connectivity index (χ4v) is 3.60. The Kier molecular flexibility index (Phi) is 3.11. The summed E-state index contributed by atoms with van der Waals surface area (Å²) in [5.41, 5.74) is 1.38. The lowest BCUT2D eigenvalue weighted by molar-refractivity contribution is 0.122. The van der Waals surface area contributed by atoms with Crippen LogP contribution >= 0.6 is 11.3 Å². The molecule has 0 unspecified atom stereocenters. The van der Waals surface area contributed by atoms with Gasteiger partial charge in [0.1, 0.15) is 0 Å². The highest BCUT2D eigenvalue weighted by molar-refractivity contribution is 7.15. The standard InChI is InChI=1S/C12H18N2OS/c1-2-4-10-11(5-3-1)16-12(13-10)14-6-8-15-9-7-14/h1-9H2. The van der Waals surface area contributed by atoms with Gasteiger partial charge in [-0.1, -0.05) is 6.42 Å². The van der Waals surface area contributed by atoms with Crippen LogP contribution in [0.4, 0.5) is 5.13 Å². The third-order valence-electron chi connectivity index (χ3n) is 3.37. The molecule has 1 aliphatic heterocycles. The summed E-state index contributed by atoms with van der Waals surface area (Å²) < 4.78 is 5.38. The Hall–Kier alpha value is -0.610. The summed E-state index contributed by atoms with van der Waals surface area (Å²) >= 11 is 1.91. The van der Waals surface area contributed by atoms with Gasteiger partial charge < -0.3 is 9.64 Å². The molecule has 1 fully saturated rings. The number of fused-ring (bicyclic) bond motifs is 1. The Bertz CT molecular complexity index is 334. The lowest BCUT2D eigenvalue weighted by Gasteiger charge is -2.26. The molecule has 0 N–H and O–H groups in total. The summed E-state index contributed by atoms with van der Waals surface area (Å²) in [6, 6.07) is 0. The summed E-state index contributed by atoms with van der Waals surface area (Å²) in [6.07, 6.45) is 6.47. The molecule has 3 rings (SSSR count). The minimum absolute atomic E-state index is 0.851. The fourth-order valence-electron chi connectivity index (χ4n) is 2.41. The second-order valence-corrected chi connectivity index (χ2v) is 5.59. The van der Waals surface area contributed by atoms with Gasteiger partial charge in [-0.25, -0.2) is 4.98 Å². The maximum Gasteiger partial charge on any atom is 0.185 e. The molecule has 16 heavy (non-hydrogen) atoms. The van der Waals surface area contributed by atoms with Crippen molar-refractivity contribution in [2.24, 2.45) is 0 Å². The third-order valence-corrected chi connectivity index (χ3v) is 4.58. The SMILES string of the molecule is C1CCc2nc(N3CCOCC3)sc2CC1. The van der Waals surface area contributed by atoms with E-state index in [0.29, 0.717) is 0 Å². The average Bonchev–Trinajstić information content (AvgIpc) is 2.62. The van der Waals surface area contributed by atoms with Crippen LogP contribution in [0.5, 0.6) is 0 Å². The van der Waals surface area contributed by atoms with E-state index in [-0.39, 0.29) is 0 Å². The molecule has 1 aromatic rings. The zero-order valence-electron chi connectivity index (χ0n) is 9.57. The monoisotopic (exact) mass is 238 g/mol. The molecule has 3 nitrogen and oxygen atoms in total. The highest BCUT2D eigenvalue weighted by Gasteiger charge is 2.19. The Balaban J connectivity index is 1.80. The first-order valence-corrected chi connectivity index (χ1v) is 7.06. The molecule has 0 spiro atoms. The lowest BCUT2D eigenvalue weighted by atomic mass is 10.2. The first-order chi connectivity index (χ1) is 7.93. The summed E-state index contributed by atoms with van der Waals surface area (Å²) in [7, 11) is 0. The van der Waals surface area contributed by atoms with E-state index in [2.05, 4.69) is 4.90 Å². The zero-order chi connectivity index (χ0) is 10.8. The van der Waals surface area contributed by atoms with Crippen molar-refractivity contribution in [3.63, 3.8) is 0 Å². The minimum Gasteiger partial charge on any atom is -0.378 e. The molecular weight excluding hydrogens is 220 g/mol. The first kappa shape index (κ1) is 10.5. The van der Waals surface area contributed by atoms with Crippen molar-refractivity contribution in [1.82, 2.24) is 4.98 Å². The molecule has 1 aromatic heterocycles. The van der Waals surface area contributed by atoms with Crippen LogP contribution < -0.4 is 4.90 Å². The van der Waals surface area contributed by atoms with Crippen LogP contribution in [0.3, 0.4) is 0 Å². The Morgan fingerprint density at radius 1 is 1.06 bits per heavy atom. The molecule has 2 aliphatic rings. The predicted molar refractivity (Wildman–Crippen MR) is 66.4 cm³/mol. The third kappa shape index (κ3) is 2.09. The van der Waals surface area contributed by atoms with Gasteiger partial charge in [-0.05, 0) is 25.7 Å². The molecule has 0 aromatic carbocycles. The van der Waals surface area contributed by atoms with Crippen molar-refractivity contribution in [3.05, 3.63) is 10.6 Å². The van der Waals surface area contributed by atoms with Crippen LogP contribution in [0.2, 0.25) is 0 Å². The van der Waals surface area contributed by atoms with Crippen molar-refractivity contribution < 1.29 is 4.74 Å². The van der Waals surface area contributed by atoms with Gasteiger partial charge in [0.25, 0.3) is 0 Å². The lowest BCUT2D eigenvalue weighted by Crippen LogP contribution is -2.36. The number of anilines is 1. The average molecular weight is 238 g/mol. The number of morpholine rings is 1. The van der Waals surface area contributed by atoms with Gasteiger partial charge in [0.2, 0.25) is 0 Å². The van der Waals surface area contributed by atoms with Gasteiger partial charge in [-0.15, -0.1) is 11.3 Å². The zero-order valence-corrected chi connectivity index (χ0v) is 10.4. The summed E-state index contributed by atoms with van der Waals surface area (Å²) in [5, 5.41) is 1.23. The van der Waals surface area contributed by atoms with Crippen molar-refractivity contribution in [3.8, 4) is 0 Å². The van der Waals surface area contributed by atoms with Gasteiger partial charge in [0.15, 0.2) is 5.13 Å². The first-order valence-electron chi connectivity index (χ1n) is 6.25.